The summed E-state index contributed by atoms with van der Waals surface area (Å²) >= 11 is 1.52. The van der Waals surface area contributed by atoms with E-state index in [1.54, 1.807) is 6.26 Å². The molecule has 0 aliphatic heterocycles. The molecule has 1 saturated carbocycles. The molecule has 3 N–H and O–H groups in total. The first-order chi connectivity index (χ1) is 10.2. The second-order valence-corrected chi connectivity index (χ2v) is 6.32. The Morgan fingerprint density at radius 1 is 1.50 bits per heavy atom. The van der Waals surface area contributed by atoms with Gasteiger partial charge in [-0.15, -0.1) is 23.7 Å². The molecule has 7 heteroatoms. The third-order valence-corrected chi connectivity index (χ3v) is 4.72. The predicted molar refractivity (Wildman–Crippen MR) is 88.8 cm³/mol. The summed E-state index contributed by atoms with van der Waals surface area (Å²) in [6.07, 6.45) is 5.43. The molecule has 2 heterocycles. The lowest BCUT2D eigenvalue weighted by Gasteiger charge is -2.25. The van der Waals surface area contributed by atoms with Gasteiger partial charge in [-0.1, -0.05) is 6.42 Å². The van der Waals surface area contributed by atoms with Crippen molar-refractivity contribution in [1.82, 2.24) is 10.3 Å². The molecular formula is C15H20ClN3O2S. The summed E-state index contributed by atoms with van der Waals surface area (Å²) in [7, 11) is 0. The van der Waals surface area contributed by atoms with E-state index < -0.39 is 0 Å². The maximum atomic E-state index is 12.1. The van der Waals surface area contributed by atoms with E-state index in [-0.39, 0.29) is 30.3 Å². The Hall–Kier alpha value is -1.37. The predicted octanol–water partition coefficient (Wildman–Crippen LogP) is 2.96. The number of carbonyl (C=O) groups excluding carboxylic acids is 1. The SMILES string of the molecule is Cl.NC1CCCC(C(=O)NCc2csc(-c3ccco3)n2)C1. The van der Waals surface area contributed by atoms with Gasteiger partial charge >= 0.3 is 0 Å². The van der Waals surface area contributed by atoms with Crippen molar-refractivity contribution in [3.63, 3.8) is 0 Å². The van der Waals surface area contributed by atoms with Crippen LogP contribution >= 0.6 is 23.7 Å². The molecule has 2 aromatic rings. The number of rotatable bonds is 4. The Kier molecular flexibility index (Phi) is 5.99. The molecule has 1 aliphatic carbocycles. The van der Waals surface area contributed by atoms with Gasteiger partial charge in [0.15, 0.2) is 10.8 Å². The summed E-state index contributed by atoms with van der Waals surface area (Å²) in [4.78, 5) is 16.6. The van der Waals surface area contributed by atoms with Gasteiger partial charge in [0, 0.05) is 17.3 Å². The standard InChI is InChI=1S/C15H19N3O2S.ClH/c16-11-4-1-3-10(7-11)14(19)17-8-12-9-21-15(18-12)13-5-2-6-20-13;/h2,5-6,9-11H,1,3-4,7-8,16H2,(H,17,19);1H. The molecule has 2 atom stereocenters. The van der Waals surface area contributed by atoms with Gasteiger partial charge in [0.2, 0.25) is 5.91 Å². The van der Waals surface area contributed by atoms with E-state index in [1.165, 1.54) is 11.3 Å². The van der Waals surface area contributed by atoms with Crippen molar-refractivity contribution in [3.8, 4) is 10.8 Å². The van der Waals surface area contributed by atoms with E-state index in [9.17, 15) is 4.79 Å². The van der Waals surface area contributed by atoms with Crippen LogP contribution < -0.4 is 11.1 Å². The minimum absolute atomic E-state index is 0. The van der Waals surface area contributed by atoms with Crippen LogP contribution in [-0.4, -0.2) is 16.9 Å². The van der Waals surface area contributed by atoms with Crippen LogP contribution in [0.2, 0.25) is 0 Å². The summed E-state index contributed by atoms with van der Waals surface area (Å²) < 4.78 is 5.31. The Morgan fingerprint density at radius 2 is 2.36 bits per heavy atom. The number of amides is 1. The zero-order valence-electron chi connectivity index (χ0n) is 12.2. The average Bonchev–Trinajstić information content (AvgIpc) is 3.15. The highest BCUT2D eigenvalue weighted by atomic mass is 35.5. The Balaban J connectivity index is 0.00000176. The lowest BCUT2D eigenvalue weighted by molar-refractivity contribution is -0.126. The first-order valence-corrected chi connectivity index (χ1v) is 8.12. The van der Waals surface area contributed by atoms with E-state index >= 15 is 0 Å². The zero-order valence-corrected chi connectivity index (χ0v) is 13.8. The number of aromatic nitrogens is 1. The van der Waals surface area contributed by atoms with E-state index in [0.29, 0.717) is 6.54 Å². The van der Waals surface area contributed by atoms with Crippen LogP contribution in [0.25, 0.3) is 10.8 Å². The lowest BCUT2D eigenvalue weighted by atomic mass is 9.85. The fraction of sp³-hybridized carbons (Fsp3) is 0.467. The van der Waals surface area contributed by atoms with Crippen LogP contribution in [-0.2, 0) is 11.3 Å². The third-order valence-electron chi connectivity index (χ3n) is 3.81. The summed E-state index contributed by atoms with van der Waals surface area (Å²) in [5, 5.41) is 5.75. The Morgan fingerprint density at radius 3 is 3.09 bits per heavy atom. The molecule has 1 aliphatic rings. The number of hydrogen-bond acceptors (Lipinski definition) is 5. The van der Waals surface area contributed by atoms with Gasteiger partial charge < -0.3 is 15.5 Å². The number of hydrogen-bond donors (Lipinski definition) is 2. The molecule has 3 rings (SSSR count). The average molecular weight is 342 g/mol. The van der Waals surface area contributed by atoms with E-state index in [2.05, 4.69) is 10.3 Å². The highest BCUT2D eigenvalue weighted by Crippen LogP contribution is 2.25. The molecule has 5 nitrogen and oxygen atoms in total. The van der Waals surface area contributed by atoms with Gasteiger partial charge in [0.1, 0.15) is 0 Å². The number of thiazole rings is 1. The Labute approximate surface area is 139 Å². The smallest absolute Gasteiger partial charge is 0.223 e. The molecule has 0 aromatic carbocycles. The van der Waals surface area contributed by atoms with Gasteiger partial charge in [-0.2, -0.15) is 0 Å². The van der Waals surface area contributed by atoms with E-state index in [1.807, 2.05) is 17.5 Å². The first-order valence-electron chi connectivity index (χ1n) is 7.24. The number of carbonyl (C=O) groups is 1. The molecule has 0 radical (unpaired) electrons. The molecule has 2 unspecified atom stereocenters. The van der Waals surface area contributed by atoms with Crippen LogP contribution in [0.4, 0.5) is 0 Å². The highest BCUT2D eigenvalue weighted by Gasteiger charge is 2.25. The normalized spacial score (nSPS) is 21.1. The van der Waals surface area contributed by atoms with Gasteiger partial charge in [-0.05, 0) is 31.4 Å². The highest BCUT2D eigenvalue weighted by molar-refractivity contribution is 7.13. The molecular weight excluding hydrogens is 322 g/mol. The van der Waals surface area contributed by atoms with Crippen molar-refractivity contribution < 1.29 is 9.21 Å². The first kappa shape index (κ1) is 17.0. The number of furan rings is 1. The van der Waals surface area contributed by atoms with E-state index in [0.717, 1.165) is 42.1 Å². The van der Waals surface area contributed by atoms with Crippen molar-refractivity contribution in [1.29, 1.82) is 0 Å². The molecule has 0 spiro atoms. The minimum atomic E-state index is 0. The van der Waals surface area contributed by atoms with Crippen LogP contribution in [0.1, 0.15) is 31.4 Å². The third kappa shape index (κ3) is 4.09. The maximum Gasteiger partial charge on any atom is 0.223 e. The van der Waals surface area contributed by atoms with Crippen LogP contribution in [0.15, 0.2) is 28.2 Å². The molecule has 2 aromatic heterocycles. The summed E-state index contributed by atoms with van der Waals surface area (Å²) in [6, 6.07) is 3.88. The van der Waals surface area contributed by atoms with Gasteiger partial charge in [0.25, 0.3) is 0 Å². The summed E-state index contributed by atoms with van der Waals surface area (Å²) in [5.41, 5.74) is 6.79. The summed E-state index contributed by atoms with van der Waals surface area (Å²) in [6.45, 7) is 0.460. The van der Waals surface area contributed by atoms with Gasteiger partial charge in [-0.25, -0.2) is 4.98 Å². The molecule has 1 amide bonds. The lowest BCUT2D eigenvalue weighted by Crippen LogP contribution is -2.37. The number of nitrogens with two attached hydrogens (primary N) is 1. The van der Waals surface area contributed by atoms with Gasteiger partial charge in [-0.3, -0.25) is 4.79 Å². The summed E-state index contributed by atoms with van der Waals surface area (Å²) in [5.74, 6) is 0.908. The molecule has 22 heavy (non-hydrogen) atoms. The molecule has 0 bridgehead atoms. The largest absolute Gasteiger partial charge is 0.462 e. The van der Waals surface area contributed by atoms with Crippen molar-refractivity contribution in [2.24, 2.45) is 11.7 Å². The van der Waals surface area contributed by atoms with E-state index in [4.69, 9.17) is 10.2 Å². The quantitative estimate of drug-likeness (QED) is 0.895. The van der Waals surface area contributed by atoms with Crippen molar-refractivity contribution in [2.45, 2.75) is 38.3 Å². The Bertz CT molecular complexity index is 600. The fourth-order valence-corrected chi connectivity index (χ4v) is 3.48. The second-order valence-electron chi connectivity index (χ2n) is 5.46. The van der Waals surface area contributed by atoms with Crippen molar-refractivity contribution in [2.75, 3.05) is 0 Å². The van der Waals surface area contributed by atoms with Crippen molar-refractivity contribution >= 4 is 29.7 Å². The topological polar surface area (TPSA) is 81.2 Å². The zero-order chi connectivity index (χ0) is 14.7. The van der Waals surface area contributed by atoms with Gasteiger partial charge in [0.05, 0.1) is 18.5 Å². The van der Waals surface area contributed by atoms with Crippen LogP contribution in [0.5, 0.6) is 0 Å². The number of nitrogens with zero attached hydrogens (tertiary/aromatic N) is 1. The molecule has 0 saturated heterocycles. The number of nitrogens with one attached hydrogen (secondary N) is 1. The van der Waals surface area contributed by atoms with Crippen LogP contribution in [0.3, 0.4) is 0 Å². The van der Waals surface area contributed by atoms with Crippen molar-refractivity contribution in [3.05, 3.63) is 29.5 Å². The second kappa shape index (κ2) is 7.76. The minimum Gasteiger partial charge on any atom is -0.462 e. The fourth-order valence-electron chi connectivity index (χ4n) is 2.69. The van der Waals surface area contributed by atoms with Crippen LogP contribution in [0, 0.1) is 5.92 Å². The number of halogens is 1. The maximum absolute atomic E-state index is 12.1. The molecule has 1 fully saturated rings. The molecule has 120 valence electrons. The monoisotopic (exact) mass is 341 g/mol.